The summed E-state index contributed by atoms with van der Waals surface area (Å²) in [6.45, 7) is 7.06. The predicted octanol–water partition coefficient (Wildman–Crippen LogP) is 4.27. The normalized spacial score (nSPS) is 27.6. The molecule has 0 heterocycles. The second-order valence-corrected chi connectivity index (χ2v) is 7.04. The van der Waals surface area contributed by atoms with Crippen LogP contribution in [0.25, 0.3) is 0 Å². The SMILES string of the molecule is CCCC1CCC(CN)(C(O)c2ccc(C)c(C)c2)CC1. The Bertz CT molecular complexity index is 461. The molecule has 118 valence electrons. The van der Waals surface area contributed by atoms with Gasteiger partial charge in [0.15, 0.2) is 0 Å². The smallest absolute Gasteiger partial charge is 0.0858 e. The minimum absolute atomic E-state index is 0.119. The number of rotatable bonds is 5. The summed E-state index contributed by atoms with van der Waals surface area (Å²) in [6.07, 6.45) is 6.70. The van der Waals surface area contributed by atoms with Crippen LogP contribution in [-0.4, -0.2) is 11.7 Å². The molecule has 2 nitrogen and oxygen atoms in total. The van der Waals surface area contributed by atoms with E-state index in [-0.39, 0.29) is 5.41 Å². The third kappa shape index (κ3) is 3.49. The van der Waals surface area contributed by atoms with Gasteiger partial charge in [-0.05, 0) is 62.1 Å². The van der Waals surface area contributed by atoms with Gasteiger partial charge in [-0.2, -0.15) is 0 Å². The van der Waals surface area contributed by atoms with E-state index in [1.807, 2.05) is 0 Å². The van der Waals surface area contributed by atoms with Crippen molar-refractivity contribution in [1.82, 2.24) is 0 Å². The molecule has 1 saturated carbocycles. The van der Waals surface area contributed by atoms with E-state index in [2.05, 4.69) is 39.0 Å². The Morgan fingerprint density at radius 1 is 1.24 bits per heavy atom. The molecule has 1 aliphatic carbocycles. The van der Waals surface area contributed by atoms with E-state index >= 15 is 0 Å². The molecule has 1 aromatic rings. The highest BCUT2D eigenvalue weighted by Crippen LogP contribution is 2.47. The summed E-state index contributed by atoms with van der Waals surface area (Å²) in [5.41, 5.74) is 9.55. The van der Waals surface area contributed by atoms with Gasteiger partial charge in [-0.1, -0.05) is 38.0 Å². The van der Waals surface area contributed by atoms with Crippen LogP contribution >= 0.6 is 0 Å². The Hall–Kier alpha value is -0.860. The van der Waals surface area contributed by atoms with Gasteiger partial charge in [0, 0.05) is 12.0 Å². The van der Waals surface area contributed by atoms with Crippen LogP contribution in [0.15, 0.2) is 18.2 Å². The average Bonchev–Trinajstić information content (AvgIpc) is 2.51. The van der Waals surface area contributed by atoms with Gasteiger partial charge in [-0.25, -0.2) is 0 Å². The first-order chi connectivity index (χ1) is 10.0. The largest absolute Gasteiger partial charge is 0.388 e. The topological polar surface area (TPSA) is 46.2 Å². The zero-order valence-electron chi connectivity index (χ0n) is 13.9. The van der Waals surface area contributed by atoms with Crippen molar-refractivity contribution in [2.75, 3.05) is 6.54 Å². The van der Waals surface area contributed by atoms with Gasteiger partial charge in [0.2, 0.25) is 0 Å². The van der Waals surface area contributed by atoms with E-state index in [1.165, 1.54) is 36.8 Å². The Morgan fingerprint density at radius 3 is 2.43 bits per heavy atom. The van der Waals surface area contributed by atoms with E-state index < -0.39 is 6.10 Å². The second-order valence-electron chi connectivity index (χ2n) is 7.04. The highest BCUT2D eigenvalue weighted by molar-refractivity contribution is 5.32. The van der Waals surface area contributed by atoms with Crippen LogP contribution in [0, 0.1) is 25.2 Å². The summed E-state index contributed by atoms with van der Waals surface area (Å²) >= 11 is 0. The van der Waals surface area contributed by atoms with Crippen LogP contribution in [0.5, 0.6) is 0 Å². The summed E-state index contributed by atoms with van der Waals surface area (Å²) in [7, 11) is 0. The van der Waals surface area contributed by atoms with Crippen molar-refractivity contribution in [3.8, 4) is 0 Å². The van der Waals surface area contributed by atoms with Crippen LogP contribution in [0.4, 0.5) is 0 Å². The molecule has 2 heteroatoms. The fourth-order valence-corrected chi connectivity index (χ4v) is 3.83. The average molecular weight is 289 g/mol. The van der Waals surface area contributed by atoms with Crippen LogP contribution in [0.1, 0.15) is 68.2 Å². The molecular weight excluding hydrogens is 258 g/mol. The molecule has 0 amide bonds. The van der Waals surface area contributed by atoms with Crippen molar-refractivity contribution < 1.29 is 5.11 Å². The van der Waals surface area contributed by atoms with E-state index in [0.29, 0.717) is 6.54 Å². The molecule has 1 aliphatic rings. The van der Waals surface area contributed by atoms with Crippen molar-refractivity contribution in [3.63, 3.8) is 0 Å². The first-order valence-corrected chi connectivity index (χ1v) is 8.47. The minimum atomic E-state index is -0.427. The molecule has 1 atom stereocenters. The van der Waals surface area contributed by atoms with Crippen molar-refractivity contribution in [2.24, 2.45) is 17.1 Å². The number of aliphatic hydroxyl groups excluding tert-OH is 1. The van der Waals surface area contributed by atoms with E-state index in [4.69, 9.17) is 5.73 Å². The fraction of sp³-hybridized carbons (Fsp3) is 0.684. The maximum atomic E-state index is 10.9. The van der Waals surface area contributed by atoms with Crippen LogP contribution in [0.3, 0.4) is 0 Å². The Labute approximate surface area is 129 Å². The summed E-state index contributed by atoms with van der Waals surface area (Å²) in [6, 6.07) is 6.32. The second kappa shape index (κ2) is 6.93. The molecule has 0 aromatic heterocycles. The van der Waals surface area contributed by atoms with Gasteiger partial charge in [-0.3, -0.25) is 0 Å². The first kappa shape index (κ1) is 16.5. The predicted molar refractivity (Wildman–Crippen MR) is 89.2 cm³/mol. The lowest BCUT2D eigenvalue weighted by molar-refractivity contribution is -0.0108. The molecule has 0 spiro atoms. The summed E-state index contributed by atoms with van der Waals surface area (Å²) in [5, 5.41) is 10.9. The number of hydrogen-bond donors (Lipinski definition) is 2. The van der Waals surface area contributed by atoms with Crippen molar-refractivity contribution in [1.29, 1.82) is 0 Å². The highest BCUT2D eigenvalue weighted by Gasteiger charge is 2.40. The number of benzene rings is 1. The summed E-state index contributed by atoms with van der Waals surface area (Å²) in [5.74, 6) is 0.835. The van der Waals surface area contributed by atoms with Crippen molar-refractivity contribution in [2.45, 2.75) is 65.4 Å². The van der Waals surface area contributed by atoms with Gasteiger partial charge < -0.3 is 10.8 Å². The Balaban J connectivity index is 2.15. The molecule has 0 saturated heterocycles. The standard InChI is InChI=1S/C19H31NO/c1-4-5-16-8-10-19(13-20,11-9-16)18(21)17-7-6-14(2)15(3)12-17/h6-7,12,16,18,21H,4-5,8-11,13,20H2,1-3H3. The number of nitrogens with two attached hydrogens (primary N) is 1. The maximum Gasteiger partial charge on any atom is 0.0858 e. The number of aliphatic hydroxyl groups is 1. The van der Waals surface area contributed by atoms with E-state index in [9.17, 15) is 5.11 Å². The molecule has 2 rings (SSSR count). The van der Waals surface area contributed by atoms with Crippen molar-refractivity contribution in [3.05, 3.63) is 34.9 Å². The molecule has 0 aliphatic heterocycles. The molecule has 1 unspecified atom stereocenters. The zero-order chi connectivity index (χ0) is 15.5. The lowest BCUT2D eigenvalue weighted by Crippen LogP contribution is -2.40. The molecule has 0 bridgehead atoms. The van der Waals surface area contributed by atoms with Crippen LogP contribution in [0.2, 0.25) is 0 Å². The first-order valence-electron chi connectivity index (χ1n) is 8.47. The lowest BCUT2D eigenvalue weighted by Gasteiger charge is -2.43. The molecule has 0 radical (unpaired) electrons. The molecule has 21 heavy (non-hydrogen) atoms. The zero-order valence-corrected chi connectivity index (χ0v) is 13.9. The van der Waals surface area contributed by atoms with Gasteiger partial charge in [0.1, 0.15) is 0 Å². The summed E-state index contributed by atoms with van der Waals surface area (Å²) < 4.78 is 0. The van der Waals surface area contributed by atoms with Crippen molar-refractivity contribution >= 4 is 0 Å². The Morgan fingerprint density at radius 2 is 1.90 bits per heavy atom. The minimum Gasteiger partial charge on any atom is -0.388 e. The van der Waals surface area contributed by atoms with Gasteiger partial charge in [0.05, 0.1) is 6.10 Å². The van der Waals surface area contributed by atoms with Crippen LogP contribution in [-0.2, 0) is 0 Å². The fourth-order valence-electron chi connectivity index (χ4n) is 3.83. The van der Waals surface area contributed by atoms with Crippen LogP contribution < -0.4 is 5.73 Å². The van der Waals surface area contributed by atoms with Gasteiger partial charge in [0.25, 0.3) is 0 Å². The third-order valence-corrected chi connectivity index (χ3v) is 5.63. The summed E-state index contributed by atoms with van der Waals surface area (Å²) in [4.78, 5) is 0. The highest BCUT2D eigenvalue weighted by atomic mass is 16.3. The number of aryl methyl sites for hydroxylation is 2. The van der Waals surface area contributed by atoms with E-state index in [0.717, 1.165) is 24.3 Å². The van der Waals surface area contributed by atoms with Gasteiger partial charge >= 0.3 is 0 Å². The molecule has 1 fully saturated rings. The Kier molecular flexibility index (Phi) is 5.45. The third-order valence-electron chi connectivity index (χ3n) is 5.63. The monoisotopic (exact) mass is 289 g/mol. The molecule has 1 aromatic carbocycles. The molecule has 3 N–H and O–H groups in total. The lowest BCUT2D eigenvalue weighted by atomic mass is 9.65. The quantitative estimate of drug-likeness (QED) is 0.850. The maximum absolute atomic E-state index is 10.9. The van der Waals surface area contributed by atoms with Gasteiger partial charge in [-0.15, -0.1) is 0 Å². The van der Waals surface area contributed by atoms with E-state index in [1.54, 1.807) is 0 Å². The molecular formula is C19H31NO. The number of hydrogen-bond acceptors (Lipinski definition) is 2.